The van der Waals surface area contributed by atoms with Gasteiger partial charge in [0.1, 0.15) is 0 Å². The first kappa shape index (κ1) is 15.3. The van der Waals surface area contributed by atoms with Crippen LogP contribution < -0.4 is 0 Å². The number of carbonyl (C=O) groups is 1. The van der Waals surface area contributed by atoms with E-state index < -0.39 is 5.97 Å². The van der Waals surface area contributed by atoms with Crippen molar-refractivity contribution in [3.63, 3.8) is 0 Å². The minimum atomic E-state index is -0.454. The van der Waals surface area contributed by atoms with Gasteiger partial charge in [0.2, 0.25) is 0 Å². The number of carbonyl (C=O) groups excluding carboxylic acids is 1. The summed E-state index contributed by atoms with van der Waals surface area (Å²) in [7, 11) is 3.34. The van der Waals surface area contributed by atoms with Crippen molar-refractivity contribution in [1.29, 1.82) is 0 Å². The summed E-state index contributed by atoms with van der Waals surface area (Å²) in [5, 5.41) is 0.331. The fourth-order valence-electron chi connectivity index (χ4n) is 2.02. The van der Waals surface area contributed by atoms with Crippen LogP contribution in [0.3, 0.4) is 0 Å². The highest BCUT2D eigenvalue weighted by molar-refractivity contribution is 6.33. The lowest BCUT2D eigenvalue weighted by Crippen LogP contribution is -2.01. The summed E-state index contributed by atoms with van der Waals surface area (Å²) in [6.07, 6.45) is 1.80. The van der Waals surface area contributed by atoms with Gasteiger partial charge < -0.3 is 9.30 Å². The number of hydrogen-bond donors (Lipinski definition) is 0. The molecule has 1 aromatic carbocycles. The minimum absolute atomic E-state index is 0.331. The number of rotatable bonds is 3. The number of ether oxygens (including phenoxy) is 1. The Morgan fingerprint density at radius 1 is 1.33 bits per heavy atom. The lowest BCUT2D eigenvalue weighted by atomic mass is 10.2. The summed E-state index contributed by atoms with van der Waals surface area (Å²) in [5.41, 5.74) is 4.41. The maximum atomic E-state index is 11.5. The van der Waals surface area contributed by atoms with E-state index in [1.165, 1.54) is 12.8 Å². The monoisotopic (exact) mass is 304 g/mol. The fraction of sp³-hybridized carbons (Fsp3) is 0.250. The van der Waals surface area contributed by atoms with Gasteiger partial charge in [0.05, 0.1) is 23.4 Å². The van der Waals surface area contributed by atoms with Gasteiger partial charge in [-0.15, -0.1) is 0 Å². The minimum Gasteiger partial charge on any atom is -0.465 e. The van der Waals surface area contributed by atoms with Crippen molar-refractivity contribution in [2.24, 2.45) is 12.0 Å². The first-order chi connectivity index (χ1) is 9.93. The van der Waals surface area contributed by atoms with Crippen molar-refractivity contribution < 1.29 is 9.53 Å². The highest BCUT2D eigenvalue weighted by atomic mass is 35.5. The zero-order chi connectivity index (χ0) is 15.6. The summed E-state index contributed by atoms with van der Waals surface area (Å²) in [5.74, 6) is -0.454. The van der Waals surface area contributed by atoms with Gasteiger partial charge in [0, 0.05) is 30.2 Å². The summed E-state index contributed by atoms with van der Waals surface area (Å²) >= 11 is 6.07. The number of aliphatic imine (C=N–C) groups is 1. The number of nitrogens with zero attached hydrogens (tertiary/aromatic N) is 2. The summed E-state index contributed by atoms with van der Waals surface area (Å²) < 4.78 is 6.76. The van der Waals surface area contributed by atoms with Crippen LogP contribution in [0, 0.1) is 13.8 Å². The van der Waals surface area contributed by atoms with Gasteiger partial charge >= 0.3 is 5.97 Å². The molecule has 1 heterocycles. The quantitative estimate of drug-likeness (QED) is 0.639. The molecular weight excluding hydrogens is 288 g/mol. The molecule has 0 fully saturated rings. The summed E-state index contributed by atoms with van der Waals surface area (Å²) in [6, 6.07) is 7.07. The molecule has 5 heteroatoms. The Bertz CT molecular complexity index is 717. The van der Waals surface area contributed by atoms with Gasteiger partial charge in [-0.1, -0.05) is 11.6 Å². The smallest absolute Gasteiger partial charge is 0.339 e. The van der Waals surface area contributed by atoms with Crippen molar-refractivity contribution in [3.05, 3.63) is 51.8 Å². The van der Waals surface area contributed by atoms with Crippen molar-refractivity contribution in [3.8, 4) is 0 Å². The molecular formula is C16H17ClN2O2. The molecule has 0 saturated heterocycles. The third-order valence-corrected chi connectivity index (χ3v) is 3.84. The van der Waals surface area contributed by atoms with Crippen LogP contribution in [0.4, 0.5) is 5.69 Å². The molecule has 0 aliphatic heterocycles. The molecule has 0 atom stereocenters. The third kappa shape index (κ3) is 3.16. The highest BCUT2D eigenvalue weighted by Crippen LogP contribution is 2.24. The number of hydrogen-bond acceptors (Lipinski definition) is 3. The van der Waals surface area contributed by atoms with Crippen LogP contribution in [-0.2, 0) is 11.8 Å². The Kier molecular flexibility index (Phi) is 4.48. The molecule has 1 aromatic heterocycles. The van der Waals surface area contributed by atoms with Crippen molar-refractivity contribution in [1.82, 2.24) is 4.57 Å². The maximum absolute atomic E-state index is 11.5. The second-order valence-electron chi connectivity index (χ2n) is 4.80. The van der Waals surface area contributed by atoms with E-state index in [0.717, 1.165) is 11.3 Å². The number of esters is 1. The average Bonchev–Trinajstić information content (AvgIpc) is 2.71. The van der Waals surface area contributed by atoms with Gasteiger partial charge in [-0.2, -0.15) is 0 Å². The van der Waals surface area contributed by atoms with E-state index in [-0.39, 0.29) is 0 Å². The Labute approximate surface area is 129 Å². The highest BCUT2D eigenvalue weighted by Gasteiger charge is 2.10. The Morgan fingerprint density at radius 2 is 2.05 bits per heavy atom. The zero-order valence-electron chi connectivity index (χ0n) is 12.5. The maximum Gasteiger partial charge on any atom is 0.339 e. The first-order valence-corrected chi connectivity index (χ1v) is 6.86. The normalized spacial score (nSPS) is 11.1. The van der Waals surface area contributed by atoms with E-state index in [0.29, 0.717) is 16.3 Å². The lowest BCUT2D eigenvalue weighted by Gasteiger charge is -2.02. The number of halogens is 1. The van der Waals surface area contributed by atoms with Crippen LogP contribution in [0.5, 0.6) is 0 Å². The van der Waals surface area contributed by atoms with Crippen LogP contribution in [0.1, 0.15) is 27.3 Å². The number of aromatic nitrogens is 1. The second kappa shape index (κ2) is 6.14. The van der Waals surface area contributed by atoms with Crippen molar-refractivity contribution in [2.45, 2.75) is 13.8 Å². The predicted octanol–water partition coefficient (Wildman–Crippen LogP) is 3.83. The fourth-order valence-corrected chi connectivity index (χ4v) is 2.27. The molecule has 0 bridgehead atoms. The third-order valence-electron chi connectivity index (χ3n) is 3.53. The molecule has 0 aliphatic rings. The summed E-state index contributed by atoms with van der Waals surface area (Å²) in [4.78, 5) is 15.9. The standard InChI is InChI=1S/C16H17ClN2O2/c1-10-7-12(11(2)19(10)3)9-18-13-5-6-14(15(17)8-13)16(20)21-4/h5-9H,1-4H3. The lowest BCUT2D eigenvalue weighted by molar-refractivity contribution is 0.0601. The van der Waals surface area contributed by atoms with Crippen LogP contribution in [0.2, 0.25) is 5.02 Å². The molecule has 2 rings (SSSR count). The molecule has 0 spiro atoms. The van der Waals surface area contributed by atoms with Crippen LogP contribution in [0.15, 0.2) is 29.3 Å². The Balaban J connectivity index is 2.27. The molecule has 0 unspecified atom stereocenters. The summed E-state index contributed by atoms with van der Waals surface area (Å²) in [6.45, 7) is 4.09. The van der Waals surface area contributed by atoms with Gasteiger partial charge in [-0.3, -0.25) is 4.99 Å². The van der Waals surface area contributed by atoms with E-state index in [4.69, 9.17) is 11.6 Å². The van der Waals surface area contributed by atoms with E-state index >= 15 is 0 Å². The predicted molar refractivity (Wildman–Crippen MR) is 84.9 cm³/mol. The van der Waals surface area contributed by atoms with Crippen molar-refractivity contribution >= 4 is 29.5 Å². The molecule has 0 N–H and O–H groups in total. The largest absolute Gasteiger partial charge is 0.465 e. The molecule has 2 aromatic rings. The van der Waals surface area contributed by atoms with Gasteiger partial charge in [-0.05, 0) is 38.1 Å². The van der Waals surface area contributed by atoms with Crippen molar-refractivity contribution in [2.75, 3.05) is 7.11 Å². The number of aryl methyl sites for hydroxylation is 1. The topological polar surface area (TPSA) is 43.6 Å². The van der Waals surface area contributed by atoms with Crippen LogP contribution in [-0.4, -0.2) is 23.9 Å². The van der Waals surface area contributed by atoms with Gasteiger partial charge in [0.15, 0.2) is 0 Å². The van der Waals surface area contributed by atoms with E-state index in [1.807, 2.05) is 20.9 Å². The number of methoxy groups -OCH3 is 1. The van der Waals surface area contributed by atoms with E-state index in [2.05, 4.69) is 20.4 Å². The van der Waals surface area contributed by atoms with E-state index in [1.54, 1.807) is 24.4 Å². The molecule has 0 amide bonds. The first-order valence-electron chi connectivity index (χ1n) is 6.49. The molecule has 0 saturated carbocycles. The van der Waals surface area contributed by atoms with Crippen LogP contribution >= 0.6 is 11.6 Å². The molecule has 110 valence electrons. The molecule has 0 radical (unpaired) electrons. The van der Waals surface area contributed by atoms with E-state index in [9.17, 15) is 4.79 Å². The Morgan fingerprint density at radius 3 is 2.57 bits per heavy atom. The number of benzene rings is 1. The molecule has 4 nitrogen and oxygen atoms in total. The SMILES string of the molecule is COC(=O)c1ccc(N=Cc2cc(C)n(C)c2C)cc1Cl. The van der Waals surface area contributed by atoms with Gasteiger partial charge in [0.25, 0.3) is 0 Å². The zero-order valence-corrected chi connectivity index (χ0v) is 13.2. The van der Waals surface area contributed by atoms with Gasteiger partial charge in [-0.25, -0.2) is 4.79 Å². The average molecular weight is 305 g/mol. The molecule has 21 heavy (non-hydrogen) atoms. The Hall–Kier alpha value is -2.07. The van der Waals surface area contributed by atoms with Crippen LogP contribution in [0.25, 0.3) is 0 Å². The molecule has 0 aliphatic carbocycles. The second-order valence-corrected chi connectivity index (χ2v) is 5.21.